The number of nitrogens with zero attached hydrogens (tertiary/aromatic N) is 2. The Morgan fingerprint density at radius 3 is 2.88 bits per heavy atom. The van der Waals surface area contributed by atoms with Gasteiger partial charge in [0.15, 0.2) is 5.11 Å². The molecular weight excluding hydrogens is 334 g/mol. The maximum atomic E-state index is 5.76. The van der Waals surface area contributed by atoms with Crippen LogP contribution in [-0.2, 0) is 6.54 Å². The number of aryl methyl sites for hydroxylation is 1. The number of rotatable bonds is 2. The molecule has 0 radical (unpaired) electrons. The number of thiophene rings is 1. The molecular formula is C19H19N3S2. The minimum atomic E-state index is 0.179. The van der Waals surface area contributed by atoms with Crippen molar-refractivity contribution < 1.29 is 0 Å². The number of hydrogen-bond acceptors (Lipinski definition) is 2. The lowest BCUT2D eigenvalue weighted by Crippen LogP contribution is -2.44. The molecule has 4 rings (SSSR count). The van der Waals surface area contributed by atoms with E-state index in [0.29, 0.717) is 0 Å². The van der Waals surface area contributed by atoms with Crippen LogP contribution in [0.4, 0.5) is 5.69 Å². The second-order valence-electron chi connectivity index (χ2n) is 6.04. The zero-order chi connectivity index (χ0) is 16.5. The van der Waals surface area contributed by atoms with Gasteiger partial charge in [-0.2, -0.15) is 0 Å². The van der Waals surface area contributed by atoms with Gasteiger partial charge < -0.3 is 14.8 Å². The fourth-order valence-electron chi connectivity index (χ4n) is 3.27. The summed E-state index contributed by atoms with van der Waals surface area (Å²) in [7, 11) is 0. The highest BCUT2D eigenvalue weighted by Crippen LogP contribution is 2.35. The van der Waals surface area contributed by atoms with Gasteiger partial charge in [-0.1, -0.05) is 18.2 Å². The second kappa shape index (κ2) is 6.42. The third-order valence-electron chi connectivity index (χ3n) is 4.38. The first-order valence-corrected chi connectivity index (χ1v) is 9.34. The molecule has 0 amide bonds. The molecule has 0 fully saturated rings. The third kappa shape index (κ3) is 2.85. The Balaban J connectivity index is 1.65. The Kier molecular flexibility index (Phi) is 4.12. The fraction of sp³-hybridized carbons (Fsp3) is 0.211. The molecule has 1 aliphatic heterocycles. The maximum absolute atomic E-state index is 5.76. The molecule has 0 saturated heterocycles. The van der Waals surface area contributed by atoms with E-state index >= 15 is 0 Å². The summed E-state index contributed by atoms with van der Waals surface area (Å²) in [4.78, 5) is 3.63. The van der Waals surface area contributed by atoms with Crippen LogP contribution in [0, 0.1) is 6.92 Å². The van der Waals surface area contributed by atoms with Gasteiger partial charge in [0.05, 0.1) is 0 Å². The topological polar surface area (TPSA) is 20.2 Å². The van der Waals surface area contributed by atoms with Crippen LogP contribution in [0.15, 0.2) is 60.1 Å². The zero-order valence-electron chi connectivity index (χ0n) is 13.5. The Hall–Kier alpha value is -2.11. The molecule has 3 aromatic rings. The van der Waals surface area contributed by atoms with E-state index in [0.717, 1.165) is 23.9 Å². The molecule has 1 aliphatic rings. The van der Waals surface area contributed by atoms with Gasteiger partial charge in [0.1, 0.15) is 6.04 Å². The highest BCUT2D eigenvalue weighted by Gasteiger charge is 2.31. The molecule has 24 heavy (non-hydrogen) atoms. The molecule has 1 atom stereocenters. The van der Waals surface area contributed by atoms with Crippen LogP contribution < -0.4 is 5.32 Å². The summed E-state index contributed by atoms with van der Waals surface area (Å²) in [5.41, 5.74) is 3.58. The van der Waals surface area contributed by atoms with Gasteiger partial charge in [0.25, 0.3) is 0 Å². The Bertz CT molecular complexity index is 851. The zero-order valence-corrected chi connectivity index (χ0v) is 15.1. The Morgan fingerprint density at radius 1 is 1.17 bits per heavy atom. The summed E-state index contributed by atoms with van der Waals surface area (Å²) in [5.74, 6) is 0. The molecule has 3 nitrogen and oxygen atoms in total. The van der Waals surface area contributed by atoms with E-state index in [9.17, 15) is 0 Å². The molecule has 0 aliphatic carbocycles. The molecule has 0 bridgehead atoms. The van der Waals surface area contributed by atoms with Crippen molar-refractivity contribution in [2.75, 3.05) is 11.9 Å². The highest BCUT2D eigenvalue weighted by molar-refractivity contribution is 7.80. The van der Waals surface area contributed by atoms with Crippen molar-refractivity contribution in [3.8, 4) is 0 Å². The van der Waals surface area contributed by atoms with E-state index in [4.69, 9.17) is 12.2 Å². The summed E-state index contributed by atoms with van der Waals surface area (Å²) in [6.45, 7) is 3.96. The number of anilines is 1. The average molecular weight is 354 g/mol. The second-order valence-corrected chi connectivity index (χ2v) is 7.40. The van der Waals surface area contributed by atoms with E-state index in [1.807, 2.05) is 0 Å². The quantitative estimate of drug-likeness (QED) is 0.677. The van der Waals surface area contributed by atoms with E-state index < -0.39 is 0 Å². The predicted molar refractivity (Wildman–Crippen MR) is 105 cm³/mol. The average Bonchev–Trinajstić information content (AvgIpc) is 3.25. The Morgan fingerprint density at radius 2 is 2.08 bits per heavy atom. The minimum absolute atomic E-state index is 0.179. The van der Waals surface area contributed by atoms with Crippen LogP contribution in [0.2, 0.25) is 0 Å². The van der Waals surface area contributed by atoms with Crippen molar-refractivity contribution in [3.05, 3.63) is 76.2 Å². The number of nitrogens with one attached hydrogen (secondary N) is 1. The molecule has 0 saturated carbocycles. The number of aromatic nitrogens is 1. The summed E-state index contributed by atoms with van der Waals surface area (Å²) < 4.78 is 2.33. The van der Waals surface area contributed by atoms with Gasteiger partial charge in [0, 0.05) is 35.5 Å². The van der Waals surface area contributed by atoms with Gasteiger partial charge in [0.2, 0.25) is 0 Å². The highest BCUT2D eigenvalue weighted by atomic mass is 32.1. The molecule has 0 unspecified atom stereocenters. The van der Waals surface area contributed by atoms with Crippen molar-refractivity contribution in [2.24, 2.45) is 0 Å². The van der Waals surface area contributed by atoms with Crippen LogP contribution in [0.25, 0.3) is 0 Å². The Labute approximate surface area is 151 Å². The lowest BCUT2D eigenvalue weighted by atomic mass is 10.1. The normalized spacial score (nSPS) is 16.7. The molecule has 1 N–H and O–H groups in total. The summed E-state index contributed by atoms with van der Waals surface area (Å²) in [6.07, 6.45) is 2.16. The summed E-state index contributed by atoms with van der Waals surface area (Å²) in [5, 5.41) is 6.34. The predicted octanol–water partition coefficient (Wildman–Crippen LogP) is 4.66. The van der Waals surface area contributed by atoms with Crippen molar-refractivity contribution in [1.29, 1.82) is 0 Å². The van der Waals surface area contributed by atoms with Gasteiger partial charge >= 0.3 is 0 Å². The van der Waals surface area contributed by atoms with E-state index in [-0.39, 0.29) is 6.04 Å². The number of thiocarbonyl (C=S) groups is 1. The largest absolute Gasteiger partial charge is 0.347 e. The van der Waals surface area contributed by atoms with Gasteiger partial charge in [-0.15, -0.1) is 11.3 Å². The molecule has 5 heteroatoms. The molecule has 0 spiro atoms. The first-order valence-electron chi connectivity index (χ1n) is 8.05. The van der Waals surface area contributed by atoms with E-state index in [2.05, 4.69) is 81.8 Å². The molecule has 1 aromatic carbocycles. The van der Waals surface area contributed by atoms with Gasteiger partial charge in [-0.05, 0) is 60.4 Å². The summed E-state index contributed by atoms with van der Waals surface area (Å²) >= 11 is 7.55. The van der Waals surface area contributed by atoms with Gasteiger partial charge in [-0.3, -0.25) is 0 Å². The fourth-order valence-corrected chi connectivity index (χ4v) is 4.43. The van der Waals surface area contributed by atoms with Crippen molar-refractivity contribution in [2.45, 2.75) is 19.5 Å². The van der Waals surface area contributed by atoms with Crippen LogP contribution in [-0.4, -0.2) is 21.1 Å². The smallest absolute Gasteiger partial charge is 0.174 e. The lowest BCUT2D eigenvalue weighted by molar-refractivity contribution is 0.297. The monoisotopic (exact) mass is 353 g/mol. The van der Waals surface area contributed by atoms with E-state index in [1.54, 1.807) is 11.3 Å². The molecule has 2 aromatic heterocycles. The third-order valence-corrected chi connectivity index (χ3v) is 5.64. The van der Waals surface area contributed by atoms with Crippen LogP contribution >= 0.6 is 23.6 Å². The minimum Gasteiger partial charge on any atom is -0.347 e. The van der Waals surface area contributed by atoms with Crippen molar-refractivity contribution in [1.82, 2.24) is 9.47 Å². The van der Waals surface area contributed by atoms with Gasteiger partial charge in [-0.25, -0.2) is 0 Å². The summed E-state index contributed by atoms with van der Waals surface area (Å²) in [6, 6.07) is 17.1. The van der Waals surface area contributed by atoms with Crippen molar-refractivity contribution >= 4 is 34.4 Å². The number of hydrogen-bond donors (Lipinski definition) is 1. The van der Waals surface area contributed by atoms with Crippen LogP contribution in [0.5, 0.6) is 0 Å². The first-order chi connectivity index (χ1) is 11.7. The molecule has 3 heterocycles. The SMILES string of the molecule is Cc1cccc(NC(=S)N2CCn3cccc3[C@@H]2c2cccs2)c1. The number of fused-ring (bicyclic) bond motifs is 1. The molecule has 122 valence electrons. The maximum Gasteiger partial charge on any atom is 0.174 e. The van der Waals surface area contributed by atoms with Crippen LogP contribution in [0.1, 0.15) is 22.2 Å². The van der Waals surface area contributed by atoms with Crippen molar-refractivity contribution in [3.63, 3.8) is 0 Å². The van der Waals surface area contributed by atoms with E-state index in [1.165, 1.54) is 16.1 Å². The number of benzene rings is 1. The first kappa shape index (κ1) is 15.4. The van der Waals surface area contributed by atoms with Crippen LogP contribution in [0.3, 0.4) is 0 Å². The standard InChI is InChI=1S/C19H19N3S2/c1-14-5-2-6-15(13-14)20-19(23)22-11-10-21-9-3-7-16(21)18(22)17-8-4-12-24-17/h2-9,12-13,18H,10-11H2,1H3,(H,20,23)/t18-/m1/s1. The lowest BCUT2D eigenvalue weighted by Gasteiger charge is -2.38.